The standard InChI is InChI=1S/C22H24N2O3/c1-26-18-9-7-17(8-10-18)23-22(25)24-14-13-16-15-20(11-12-21(16)24)27-19-5-3-2-4-6-19/h7-15,19H,2-6H2,1H3,(H,23,25). The molecule has 0 radical (unpaired) electrons. The van der Waals surface area contributed by atoms with Crippen LogP contribution in [0.4, 0.5) is 10.5 Å². The number of nitrogens with one attached hydrogen (secondary N) is 1. The summed E-state index contributed by atoms with van der Waals surface area (Å²) in [6, 6.07) is 14.9. The normalized spacial score (nSPS) is 14.9. The van der Waals surface area contributed by atoms with Gasteiger partial charge in [-0.15, -0.1) is 0 Å². The van der Waals surface area contributed by atoms with E-state index in [1.165, 1.54) is 19.3 Å². The molecule has 1 N–H and O–H groups in total. The third-order valence-electron chi connectivity index (χ3n) is 5.08. The Kier molecular flexibility index (Phi) is 5.01. The van der Waals surface area contributed by atoms with E-state index in [1.807, 2.05) is 48.5 Å². The number of rotatable bonds is 4. The lowest BCUT2D eigenvalue weighted by atomic mass is 9.98. The van der Waals surface area contributed by atoms with Crippen LogP contribution in [0.3, 0.4) is 0 Å². The zero-order valence-corrected chi connectivity index (χ0v) is 15.5. The van der Waals surface area contributed by atoms with Crippen molar-refractivity contribution >= 4 is 22.6 Å². The smallest absolute Gasteiger partial charge is 0.330 e. The van der Waals surface area contributed by atoms with Gasteiger partial charge in [-0.2, -0.15) is 0 Å². The molecule has 4 rings (SSSR count). The van der Waals surface area contributed by atoms with Gasteiger partial charge in [-0.1, -0.05) is 6.42 Å². The maximum atomic E-state index is 12.6. The molecule has 0 bridgehead atoms. The van der Waals surface area contributed by atoms with Crippen molar-refractivity contribution in [3.63, 3.8) is 0 Å². The van der Waals surface area contributed by atoms with Crippen molar-refractivity contribution in [3.05, 3.63) is 54.7 Å². The number of benzene rings is 2. The van der Waals surface area contributed by atoms with E-state index in [0.717, 1.165) is 40.9 Å². The van der Waals surface area contributed by atoms with Gasteiger partial charge < -0.3 is 14.8 Å². The van der Waals surface area contributed by atoms with Crippen LogP contribution >= 0.6 is 0 Å². The van der Waals surface area contributed by atoms with Gasteiger partial charge in [0.1, 0.15) is 11.5 Å². The third kappa shape index (κ3) is 3.92. The minimum absolute atomic E-state index is 0.198. The van der Waals surface area contributed by atoms with Gasteiger partial charge in [-0.3, -0.25) is 4.57 Å². The topological polar surface area (TPSA) is 52.5 Å². The van der Waals surface area contributed by atoms with E-state index in [4.69, 9.17) is 9.47 Å². The Morgan fingerprint density at radius 2 is 1.74 bits per heavy atom. The summed E-state index contributed by atoms with van der Waals surface area (Å²) in [6.07, 6.45) is 8.16. The summed E-state index contributed by atoms with van der Waals surface area (Å²) in [4.78, 5) is 12.6. The fourth-order valence-electron chi connectivity index (χ4n) is 3.60. The first-order valence-electron chi connectivity index (χ1n) is 9.46. The van der Waals surface area contributed by atoms with Gasteiger partial charge >= 0.3 is 6.03 Å². The molecule has 5 heteroatoms. The molecule has 1 fully saturated rings. The first-order valence-corrected chi connectivity index (χ1v) is 9.46. The molecule has 0 aliphatic heterocycles. The molecule has 0 spiro atoms. The van der Waals surface area contributed by atoms with Gasteiger partial charge in [0.15, 0.2) is 0 Å². The number of carbonyl (C=O) groups excluding carboxylic acids is 1. The minimum Gasteiger partial charge on any atom is -0.497 e. The number of anilines is 1. The van der Waals surface area contributed by atoms with Crippen LogP contribution in [-0.2, 0) is 0 Å². The van der Waals surface area contributed by atoms with Gasteiger partial charge in [0.25, 0.3) is 0 Å². The first kappa shape index (κ1) is 17.5. The second-order valence-corrected chi connectivity index (χ2v) is 6.94. The summed E-state index contributed by atoms with van der Waals surface area (Å²) in [5.41, 5.74) is 1.58. The quantitative estimate of drug-likeness (QED) is 0.670. The summed E-state index contributed by atoms with van der Waals surface area (Å²) in [6.45, 7) is 0. The molecule has 1 aromatic heterocycles. The van der Waals surface area contributed by atoms with Crippen molar-refractivity contribution < 1.29 is 14.3 Å². The second-order valence-electron chi connectivity index (χ2n) is 6.94. The molecule has 1 amide bonds. The molecular weight excluding hydrogens is 340 g/mol. The Morgan fingerprint density at radius 1 is 1.00 bits per heavy atom. The molecule has 27 heavy (non-hydrogen) atoms. The summed E-state index contributed by atoms with van der Waals surface area (Å²) in [5.74, 6) is 1.63. The van der Waals surface area contributed by atoms with Crippen molar-refractivity contribution in [2.75, 3.05) is 12.4 Å². The SMILES string of the molecule is COc1ccc(NC(=O)n2ccc3cc(OC4CCCCC4)ccc32)cc1. The first-order chi connectivity index (χ1) is 13.2. The van der Waals surface area contributed by atoms with Crippen LogP contribution in [0.1, 0.15) is 32.1 Å². The number of fused-ring (bicyclic) bond motifs is 1. The van der Waals surface area contributed by atoms with Crippen LogP contribution in [0.5, 0.6) is 11.5 Å². The van der Waals surface area contributed by atoms with E-state index in [9.17, 15) is 4.79 Å². The molecule has 0 saturated heterocycles. The Morgan fingerprint density at radius 3 is 2.48 bits per heavy atom. The minimum atomic E-state index is -0.198. The number of hydrogen-bond donors (Lipinski definition) is 1. The van der Waals surface area contributed by atoms with Crippen LogP contribution in [0.2, 0.25) is 0 Å². The molecule has 5 nitrogen and oxygen atoms in total. The van der Waals surface area contributed by atoms with E-state index in [2.05, 4.69) is 5.32 Å². The Labute approximate surface area is 158 Å². The van der Waals surface area contributed by atoms with Crippen LogP contribution in [-0.4, -0.2) is 23.8 Å². The highest BCUT2D eigenvalue weighted by atomic mass is 16.5. The number of aromatic nitrogens is 1. The average Bonchev–Trinajstić information content (AvgIpc) is 3.13. The van der Waals surface area contributed by atoms with Crippen molar-refractivity contribution in [1.29, 1.82) is 0 Å². The molecule has 2 aromatic carbocycles. The molecule has 1 aliphatic rings. The number of carbonyl (C=O) groups is 1. The van der Waals surface area contributed by atoms with Gasteiger partial charge in [0, 0.05) is 17.3 Å². The van der Waals surface area contributed by atoms with Crippen LogP contribution in [0.25, 0.3) is 10.9 Å². The summed E-state index contributed by atoms with van der Waals surface area (Å²) in [5, 5.41) is 3.90. The largest absolute Gasteiger partial charge is 0.497 e. The predicted octanol–water partition coefficient (Wildman–Crippen LogP) is 5.44. The summed E-state index contributed by atoms with van der Waals surface area (Å²) in [7, 11) is 1.62. The molecule has 3 aromatic rings. The number of nitrogens with zero attached hydrogens (tertiary/aromatic N) is 1. The Hall–Kier alpha value is -2.95. The van der Waals surface area contributed by atoms with Crippen molar-refractivity contribution in [2.45, 2.75) is 38.2 Å². The average molecular weight is 364 g/mol. The maximum Gasteiger partial charge on any atom is 0.330 e. The van der Waals surface area contributed by atoms with Gasteiger partial charge in [0.2, 0.25) is 0 Å². The fraction of sp³-hybridized carbons (Fsp3) is 0.318. The second kappa shape index (κ2) is 7.74. The van der Waals surface area contributed by atoms with Crippen molar-refractivity contribution in [1.82, 2.24) is 4.57 Å². The number of hydrogen-bond acceptors (Lipinski definition) is 3. The number of ether oxygens (including phenoxy) is 2. The fourth-order valence-corrected chi connectivity index (χ4v) is 3.60. The van der Waals surface area contributed by atoms with E-state index in [0.29, 0.717) is 6.10 Å². The molecule has 1 saturated carbocycles. The highest BCUT2D eigenvalue weighted by molar-refractivity contribution is 5.98. The Bertz CT molecular complexity index is 924. The monoisotopic (exact) mass is 364 g/mol. The molecule has 0 unspecified atom stereocenters. The molecule has 1 heterocycles. The molecular formula is C22H24N2O3. The zero-order valence-electron chi connectivity index (χ0n) is 15.5. The molecule has 140 valence electrons. The highest BCUT2D eigenvalue weighted by Crippen LogP contribution is 2.27. The lowest BCUT2D eigenvalue weighted by Crippen LogP contribution is -2.19. The van der Waals surface area contributed by atoms with Crippen LogP contribution in [0.15, 0.2) is 54.7 Å². The lowest BCUT2D eigenvalue weighted by molar-refractivity contribution is 0.155. The third-order valence-corrected chi connectivity index (χ3v) is 5.08. The van der Waals surface area contributed by atoms with E-state index < -0.39 is 0 Å². The van der Waals surface area contributed by atoms with E-state index in [1.54, 1.807) is 17.9 Å². The summed E-state index contributed by atoms with van der Waals surface area (Å²) < 4.78 is 12.9. The van der Waals surface area contributed by atoms with Gasteiger partial charge in [0.05, 0.1) is 18.7 Å². The zero-order chi connectivity index (χ0) is 18.6. The van der Waals surface area contributed by atoms with Gasteiger partial charge in [-0.25, -0.2) is 4.79 Å². The van der Waals surface area contributed by atoms with Crippen molar-refractivity contribution in [3.8, 4) is 11.5 Å². The number of amides is 1. The Balaban J connectivity index is 1.49. The lowest BCUT2D eigenvalue weighted by Gasteiger charge is -2.23. The molecule has 0 atom stereocenters. The summed E-state index contributed by atoms with van der Waals surface area (Å²) >= 11 is 0. The predicted molar refractivity (Wildman–Crippen MR) is 107 cm³/mol. The van der Waals surface area contributed by atoms with E-state index >= 15 is 0 Å². The highest BCUT2D eigenvalue weighted by Gasteiger charge is 2.16. The van der Waals surface area contributed by atoms with Crippen molar-refractivity contribution in [2.24, 2.45) is 0 Å². The van der Waals surface area contributed by atoms with Gasteiger partial charge in [-0.05, 0) is 74.2 Å². The van der Waals surface area contributed by atoms with Crippen LogP contribution in [0, 0.1) is 0 Å². The van der Waals surface area contributed by atoms with Crippen LogP contribution < -0.4 is 14.8 Å². The number of methoxy groups -OCH3 is 1. The maximum absolute atomic E-state index is 12.6. The molecule has 1 aliphatic carbocycles. The van der Waals surface area contributed by atoms with E-state index in [-0.39, 0.29) is 6.03 Å².